The molecule has 2 aliphatic heterocycles. The van der Waals surface area contributed by atoms with Crippen LogP contribution in [0.3, 0.4) is 0 Å². The minimum Gasteiger partial charge on any atom is -0.463 e. The number of nitrogens with zero attached hydrogens (tertiary/aromatic N) is 2. The van der Waals surface area contributed by atoms with E-state index in [0.717, 1.165) is 25.2 Å². The van der Waals surface area contributed by atoms with Gasteiger partial charge in [-0.15, -0.1) is 0 Å². The number of rotatable bonds is 8. The first-order chi connectivity index (χ1) is 15.4. The summed E-state index contributed by atoms with van der Waals surface area (Å²) in [7, 11) is 0. The first-order valence-electron chi connectivity index (χ1n) is 10.9. The zero-order valence-corrected chi connectivity index (χ0v) is 19.3. The first-order valence-corrected chi connectivity index (χ1v) is 11.3. The van der Waals surface area contributed by atoms with E-state index in [1.54, 1.807) is 38.1 Å². The Morgan fingerprint density at radius 3 is 2.56 bits per heavy atom. The van der Waals surface area contributed by atoms with Gasteiger partial charge in [-0.05, 0) is 31.5 Å². The number of allylic oxidation sites excluding steroid dienone is 1. The minimum atomic E-state index is -0.477. The lowest BCUT2D eigenvalue weighted by atomic mass is 9.83. The topological polar surface area (TPSA) is 88.2 Å². The van der Waals surface area contributed by atoms with E-state index in [-0.39, 0.29) is 31.4 Å². The molecule has 0 bridgehead atoms. The Balaban J connectivity index is 1.72. The number of amides is 2. The van der Waals surface area contributed by atoms with Crippen molar-refractivity contribution in [1.82, 2.24) is 15.1 Å². The molecule has 1 aromatic rings. The molecule has 1 aromatic carbocycles. The number of morpholine rings is 1. The lowest BCUT2D eigenvalue weighted by Crippen LogP contribution is -2.46. The molecule has 32 heavy (non-hydrogen) atoms. The van der Waals surface area contributed by atoms with Gasteiger partial charge in [0.2, 0.25) is 11.8 Å². The highest BCUT2D eigenvalue weighted by Gasteiger charge is 2.37. The number of hydrogen-bond acceptors (Lipinski definition) is 6. The van der Waals surface area contributed by atoms with Crippen LogP contribution in [-0.2, 0) is 23.9 Å². The van der Waals surface area contributed by atoms with Gasteiger partial charge in [0.05, 0.1) is 25.4 Å². The molecule has 1 fully saturated rings. The summed E-state index contributed by atoms with van der Waals surface area (Å²) in [6.45, 7) is 7.81. The number of ether oxygens (including phenoxy) is 2. The lowest BCUT2D eigenvalue weighted by molar-refractivity contribution is -0.141. The maximum atomic E-state index is 12.9. The normalized spacial score (nSPS) is 19.8. The third-order valence-electron chi connectivity index (χ3n) is 5.75. The molecule has 3 rings (SSSR count). The molecule has 2 aliphatic rings. The fourth-order valence-corrected chi connectivity index (χ4v) is 4.16. The predicted octanol–water partition coefficient (Wildman–Crippen LogP) is 1.94. The van der Waals surface area contributed by atoms with E-state index < -0.39 is 11.9 Å². The fraction of sp³-hybridized carbons (Fsp3) is 0.522. The zero-order valence-electron chi connectivity index (χ0n) is 18.6. The highest BCUT2D eigenvalue weighted by molar-refractivity contribution is 6.30. The Morgan fingerprint density at radius 2 is 1.91 bits per heavy atom. The van der Waals surface area contributed by atoms with Crippen LogP contribution in [-0.4, -0.2) is 80.1 Å². The Morgan fingerprint density at radius 1 is 1.22 bits per heavy atom. The maximum absolute atomic E-state index is 12.9. The van der Waals surface area contributed by atoms with Crippen LogP contribution >= 0.6 is 11.6 Å². The van der Waals surface area contributed by atoms with Crippen molar-refractivity contribution >= 4 is 29.4 Å². The Hall–Kier alpha value is -2.42. The van der Waals surface area contributed by atoms with Gasteiger partial charge in [-0.1, -0.05) is 23.7 Å². The van der Waals surface area contributed by atoms with E-state index in [0.29, 0.717) is 36.1 Å². The number of carbonyl (C=O) groups excluding carboxylic acids is 3. The highest BCUT2D eigenvalue weighted by Crippen LogP contribution is 2.37. The standard InChI is InChI=1S/C23H30ClN3O5/c1-3-32-23(30)22-16(2)27(15-20(28)25-8-9-26-10-12-31-13-11-26)21(29)14-19(22)17-4-6-18(24)7-5-17/h4-7,19H,3,8-15H2,1-2H3,(H,25,28). The van der Waals surface area contributed by atoms with Crippen LogP contribution in [0.2, 0.25) is 5.02 Å². The highest BCUT2D eigenvalue weighted by atomic mass is 35.5. The van der Waals surface area contributed by atoms with Gasteiger partial charge in [-0.25, -0.2) is 4.79 Å². The van der Waals surface area contributed by atoms with E-state index in [1.165, 1.54) is 4.90 Å². The molecular weight excluding hydrogens is 434 g/mol. The van der Waals surface area contributed by atoms with E-state index in [2.05, 4.69) is 10.2 Å². The summed E-state index contributed by atoms with van der Waals surface area (Å²) in [5.74, 6) is -1.40. The largest absolute Gasteiger partial charge is 0.463 e. The van der Waals surface area contributed by atoms with Crippen molar-refractivity contribution in [3.63, 3.8) is 0 Å². The SMILES string of the molecule is CCOC(=O)C1=C(C)N(CC(=O)NCCN2CCOCC2)C(=O)CC1c1ccc(Cl)cc1. The quantitative estimate of drug-likeness (QED) is 0.593. The van der Waals surface area contributed by atoms with Gasteiger partial charge in [0.25, 0.3) is 0 Å². The number of esters is 1. The average Bonchev–Trinajstić information content (AvgIpc) is 2.77. The zero-order chi connectivity index (χ0) is 23.1. The van der Waals surface area contributed by atoms with Crippen molar-refractivity contribution < 1.29 is 23.9 Å². The molecule has 174 valence electrons. The summed E-state index contributed by atoms with van der Waals surface area (Å²) < 4.78 is 10.6. The van der Waals surface area contributed by atoms with E-state index in [1.807, 2.05) is 0 Å². The van der Waals surface area contributed by atoms with E-state index in [4.69, 9.17) is 21.1 Å². The van der Waals surface area contributed by atoms with Crippen LogP contribution in [0.4, 0.5) is 0 Å². The van der Waals surface area contributed by atoms with Gasteiger partial charge < -0.3 is 19.7 Å². The second-order valence-electron chi connectivity index (χ2n) is 7.81. The average molecular weight is 464 g/mol. The molecule has 1 N–H and O–H groups in total. The van der Waals surface area contributed by atoms with Crippen LogP contribution in [0.25, 0.3) is 0 Å². The summed E-state index contributed by atoms with van der Waals surface area (Å²) in [4.78, 5) is 41.9. The molecule has 0 spiro atoms. The predicted molar refractivity (Wildman–Crippen MR) is 120 cm³/mol. The summed E-state index contributed by atoms with van der Waals surface area (Å²) in [6, 6.07) is 7.07. The second kappa shape index (κ2) is 11.4. The van der Waals surface area contributed by atoms with Crippen LogP contribution in [0, 0.1) is 0 Å². The number of carbonyl (C=O) groups is 3. The summed E-state index contributed by atoms with van der Waals surface area (Å²) in [6.07, 6.45) is 0.0776. The summed E-state index contributed by atoms with van der Waals surface area (Å²) in [5, 5.41) is 3.44. The molecule has 9 heteroatoms. The van der Waals surface area contributed by atoms with E-state index >= 15 is 0 Å². The van der Waals surface area contributed by atoms with Gasteiger partial charge in [-0.3, -0.25) is 14.5 Å². The van der Waals surface area contributed by atoms with Crippen molar-refractivity contribution in [3.8, 4) is 0 Å². The number of nitrogens with one attached hydrogen (secondary N) is 1. The molecule has 1 unspecified atom stereocenters. The Labute approximate surface area is 193 Å². The molecule has 2 heterocycles. The Bertz CT molecular complexity index is 865. The molecule has 2 amide bonds. The summed E-state index contributed by atoms with van der Waals surface area (Å²) >= 11 is 6.00. The van der Waals surface area contributed by atoms with Gasteiger partial charge in [0, 0.05) is 49.2 Å². The monoisotopic (exact) mass is 463 g/mol. The third kappa shape index (κ3) is 6.09. The lowest BCUT2D eigenvalue weighted by Gasteiger charge is -2.34. The molecule has 0 aromatic heterocycles. The fourth-order valence-electron chi connectivity index (χ4n) is 4.03. The number of halogens is 1. The van der Waals surface area contributed by atoms with Crippen molar-refractivity contribution in [1.29, 1.82) is 0 Å². The van der Waals surface area contributed by atoms with Crippen molar-refractivity contribution in [2.24, 2.45) is 0 Å². The molecule has 1 atom stereocenters. The summed E-state index contributed by atoms with van der Waals surface area (Å²) in [5.41, 5.74) is 1.65. The van der Waals surface area contributed by atoms with Gasteiger partial charge in [0.15, 0.2) is 0 Å². The van der Waals surface area contributed by atoms with Crippen LogP contribution < -0.4 is 5.32 Å². The molecule has 0 saturated carbocycles. The van der Waals surface area contributed by atoms with Gasteiger partial charge in [0.1, 0.15) is 6.54 Å². The third-order valence-corrected chi connectivity index (χ3v) is 6.00. The van der Waals surface area contributed by atoms with Gasteiger partial charge in [-0.2, -0.15) is 0 Å². The van der Waals surface area contributed by atoms with Crippen molar-refractivity contribution in [2.75, 3.05) is 52.5 Å². The molecule has 0 aliphatic carbocycles. The van der Waals surface area contributed by atoms with Gasteiger partial charge >= 0.3 is 5.97 Å². The molecular formula is C23H30ClN3O5. The van der Waals surface area contributed by atoms with Crippen LogP contribution in [0.5, 0.6) is 0 Å². The second-order valence-corrected chi connectivity index (χ2v) is 8.25. The van der Waals surface area contributed by atoms with Crippen molar-refractivity contribution in [3.05, 3.63) is 46.1 Å². The molecule has 0 radical (unpaired) electrons. The number of benzene rings is 1. The smallest absolute Gasteiger partial charge is 0.336 e. The molecule has 8 nitrogen and oxygen atoms in total. The number of hydrogen-bond donors (Lipinski definition) is 1. The Kier molecular flexibility index (Phi) is 8.67. The first kappa shape index (κ1) is 24.2. The van der Waals surface area contributed by atoms with Crippen LogP contribution in [0.15, 0.2) is 35.5 Å². The van der Waals surface area contributed by atoms with Crippen LogP contribution in [0.1, 0.15) is 31.7 Å². The van der Waals surface area contributed by atoms with E-state index in [9.17, 15) is 14.4 Å². The van der Waals surface area contributed by atoms with Crippen molar-refractivity contribution in [2.45, 2.75) is 26.2 Å². The molecule has 1 saturated heterocycles. The maximum Gasteiger partial charge on any atom is 0.336 e. The minimum absolute atomic E-state index is 0.0776.